The molecule has 0 aromatic heterocycles. The van der Waals surface area contributed by atoms with Crippen molar-refractivity contribution in [2.24, 2.45) is 0 Å². The summed E-state index contributed by atoms with van der Waals surface area (Å²) in [6.45, 7) is 5.17. The molecule has 1 aliphatic rings. The molecular formula is C11H22N2O2. The molecule has 1 saturated heterocycles. The van der Waals surface area contributed by atoms with Crippen molar-refractivity contribution in [3.63, 3.8) is 0 Å². The molecule has 0 radical (unpaired) electrons. The van der Waals surface area contributed by atoms with Crippen LogP contribution in [0.1, 0.15) is 26.2 Å². The Hall–Kier alpha value is -0.610. The van der Waals surface area contributed by atoms with Crippen molar-refractivity contribution in [2.45, 2.75) is 32.2 Å². The largest absolute Gasteiger partial charge is 0.377 e. The zero-order chi connectivity index (χ0) is 11.1. The van der Waals surface area contributed by atoms with Crippen molar-refractivity contribution in [3.05, 3.63) is 0 Å². The van der Waals surface area contributed by atoms with Crippen LogP contribution in [0.15, 0.2) is 0 Å². The van der Waals surface area contributed by atoms with Gasteiger partial charge < -0.3 is 15.0 Å². The molecule has 88 valence electrons. The van der Waals surface area contributed by atoms with Crippen molar-refractivity contribution < 1.29 is 9.53 Å². The quantitative estimate of drug-likeness (QED) is 0.682. The van der Waals surface area contributed by atoms with Gasteiger partial charge in [-0.05, 0) is 26.4 Å². The van der Waals surface area contributed by atoms with Crippen LogP contribution in [-0.2, 0) is 9.53 Å². The summed E-state index contributed by atoms with van der Waals surface area (Å²) in [5, 5.41) is 3.06. The van der Waals surface area contributed by atoms with Gasteiger partial charge in [-0.1, -0.05) is 6.92 Å². The van der Waals surface area contributed by atoms with Crippen LogP contribution < -0.4 is 5.32 Å². The summed E-state index contributed by atoms with van der Waals surface area (Å²) in [5.41, 5.74) is 0. The number of hydrogen-bond donors (Lipinski definition) is 1. The van der Waals surface area contributed by atoms with Crippen molar-refractivity contribution in [1.29, 1.82) is 0 Å². The van der Waals surface area contributed by atoms with Gasteiger partial charge in [0.25, 0.3) is 0 Å². The number of amides is 1. The number of nitrogens with one attached hydrogen (secondary N) is 1. The van der Waals surface area contributed by atoms with Crippen LogP contribution in [0.4, 0.5) is 0 Å². The molecule has 1 unspecified atom stereocenters. The highest BCUT2D eigenvalue weighted by atomic mass is 16.5. The van der Waals surface area contributed by atoms with Gasteiger partial charge in [-0.25, -0.2) is 0 Å². The third-order valence-electron chi connectivity index (χ3n) is 2.84. The van der Waals surface area contributed by atoms with Gasteiger partial charge in [-0.3, -0.25) is 4.79 Å². The van der Waals surface area contributed by atoms with Crippen LogP contribution in [0.2, 0.25) is 0 Å². The lowest BCUT2D eigenvalue weighted by atomic mass is 10.1. The average molecular weight is 214 g/mol. The van der Waals surface area contributed by atoms with Gasteiger partial charge in [0.05, 0.1) is 19.3 Å². The summed E-state index contributed by atoms with van der Waals surface area (Å²) in [6, 6.07) is 0.292. The fraction of sp³-hybridized carbons (Fsp3) is 0.909. The average Bonchev–Trinajstić information content (AvgIpc) is 2.29. The van der Waals surface area contributed by atoms with Crippen LogP contribution in [0.5, 0.6) is 0 Å². The standard InChI is InChI=1S/C11H22N2O2/c1-3-10-9-15-8-7-13(10)11(14)5-4-6-12-2/h10,12H,3-9H2,1-2H3. The van der Waals surface area contributed by atoms with E-state index in [9.17, 15) is 4.79 Å². The van der Waals surface area contributed by atoms with Crippen LogP contribution in [0, 0.1) is 0 Å². The highest BCUT2D eigenvalue weighted by Gasteiger charge is 2.24. The maximum atomic E-state index is 11.9. The monoisotopic (exact) mass is 214 g/mol. The third-order valence-corrected chi connectivity index (χ3v) is 2.84. The van der Waals surface area contributed by atoms with Gasteiger partial charge in [0.2, 0.25) is 5.91 Å². The van der Waals surface area contributed by atoms with Gasteiger partial charge in [0.15, 0.2) is 0 Å². The minimum Gasteiger partial charge on any atom is -0.377 e. The fourth-order valence-corrected chi connectivity index (χ4v) is 1.88. The van der Waals surface area contributed by atoms with Crippen molar-refractivity contribution >= 4 is 5.91 Å². The summed E-state index contributed by atoms with van der Waals surface area (Å²) in [6.07, 6.45) is 2.55. The number of hydrogen-bond acceptors (Lipinski definition) is 3. The molecule has 0 aromatic rings. The van der Waals surface area contributed by atoms with Crippen LogP contribution in [0.3, 0.4) is 0 Å². The lowest BCUT2D eigenvalue weighted by molar-refractivity contribution is -0.140. The summed E-state index contributed by atoms with van der Waals surface area (Å²) < 4.78 is 5.37. The molecule has 1 fully saturated rings. The van der Waals surface area contributed by atoms with Gasteiger partial charge in [-0.2, -0.15) is 0 Å². The SMILES string of the molecule is CCC1COCCN1C(=O)CCCNC. The molecule has 0 saturated carbocycles. The topological polar surface area (TPSA) is 41.6 Å². The minimum atomic E-state index is 0.278. The highest BCUT2D eigenvalue weighted by molar-refractivity contribution is 5.76. The summed E-state index contributed by atoms with van der Waals surface area (Å²) in [5.74, 6) is 0.278. The fourth-order valence-electron chi connectivity index (χ4n) is 1.88. The predicted molar refractivity (Wildman–Crippen MR) is 59.8 cm³/mol. The molecule has 1 aliphatic heterocycles. The van der Waals surface area contributed by atoms with Crippen LogP contribution >= 0.6 is 0 Å². The molecule has 0 spiro atoms. The second-order valence-electron chi connectivity index (χ2n) is 3.93. The molecule has 15 heavy (non-hydrogen) atoms. The maximum absolute atomic E-state index is 11.9. The molecular weight excluding hydrogens is 192 g/mol. The molecule has 1 N–H and O–H groups in total. The first-order valence-electron chi connectivity index (χ1n) is 5.81. The Kier molecular flexibility index (Phi) is 5.65. The van der Waals surface area contributed by atoms with Crippen molar-refractivity contribution in [3.8, 4) is 0 Å². The Morgan fingerprint density at radius 1 is 1.60 bits per heavy atom. The molecule has 1 rings (SSSR count). The molecule has 4 heteroatoms. The van der Waals surface area contributed by atoms with E-state index in [1.165, 1.54) is 0 Å². The minimum absolute atomic E-state index is 0.278. The van der Waals surface area contributed by atoms with E-state index in [1.807, 2.05) is 11.9 Å². The smallest absolute Gasteiger partial charge is 0.223 e. The summed E-state index contributed by atoms with van der Waals surface area (Å²) >= 11 is 0. The van der Waals surface area contributed by atoms with E-state index in [1.54, 1.807) is 0 Å². The Morgan fingerprint density at radius 3 is 3.07 bits per heavy atom. The number of nitrogens with zero attached hydrogens (tertiary/aromatic N) is 1. The molecule has 0 bridgehead atoms. The molecule has 0 aromatic carbocycles. The van der Waals surface area contributed by atoms with Crippen LogP contribution in [0.25, 0.3) is 0 Å². The summed E-state index contributed by atoms with van der Waals surface area (Å²) in [7, 11) is 1.91. The Labute approximate surface area is 92.0 Å². The van der Waals surface area contributed by atoms with Gasteiger partial charge in [0, 0.05) is 13.0 Å². The molecule has 4 nitrogen and oxygen atoms in total. The van der Waals surface area contributed by atoms with E-state index < -0.39 is 0 Å². The van der Waals surface area contributed by atoms with E-state index in [0.717, 1.165) is 25.9 Å². The zero-order valence-corrected chi connectivity index (χ0v) is 9.79. The van der Waals surface area contributed by atoms with Crippen molar-refractivity contribution in [2.75, 3.05) is 33.4 Å². The molecule has 1 atom stereocenters. The van der Waals surface area contributed by atoms with E-state index >= 15 is 0 Å². The second kappa shape index (κ2) is 6.80. The third kappa shape index (κ3) is 3.80. The van der Waals surface area contributed by atoms with Gasteiger partial charge in [-0.15, -0.1) is 0 Å². The normalized spacial score (nSPS) is 21.7. The maximum Gasteiger partial charge on any atom is 0.223 e. The number of ether oxygens (including phenoxy) is 1. The molecule has 1 amide bonds. The van der Waals surface area contributed by atoms with E-state index in [0.29, 0.717) is 25.7 Å². The number of carbonyl (C=O) groups is 1. The van der Waals surface area contributed by atoms with Gasteiger partial charge in [0.1, 0.15) is 0 Å². The molecule has 1 heterocycles. The van der Waals surface area contributed by atoms with E-state index in [-0.39, 0.29) is 5.91 Å². The summed E-state index contributed by atoms with van der Waals surface area (Å²) in [4.78, 5) is 13.9. The van der Waals surface area contributed by atoms with Crippen molar-refractivity contribution in [1.82, 2.24) is 10.2 Å². The van der Waals surface area contributed by atoms with Gasteiger partial charge >= 0.3 is 0 Å². The molecule has 0 aliphatic carbocycles. The number of morpholine rings is 1. The Balaban J connectivity index is 2.34. The van der Waals surface area contributed by atoms with E-state index in [4.69, 9.17) is 4.74 Å². The lowest BCUT2D eigenvalue weighted by Gasteiger charge is -2.35. The number of carbonyl (C=O) groups excluding carboxylic acids is 1. The lowest BCUT2D eigenvalue weighted by Crippen LogP contribution is -2.48. The number of rotatable bonds is 5. The second-order valence-corrected chi connectivity index (χ2v) is 3.93. The first-order chi connectivity index (χ1) is 7.29. The Bertz CT molecular complexity index is 197. The Morgan fingerprint density at radius 2 is 2.40 bits per heavy atom. The first kappa shape index (κ1) is 12.5. The predicted octanol–water partition coefficient (Wildman–Crippen LogP) is 0.623. The van der Waals surface area contributed by atoms with Crippen LogP contribution in [-0.4, -0.2) is 50.2 Å². The first-order valence-corrected chi connectivity index (χ1v) is 5.81. The van der Waals surface area contributed by atoms with E-state index in [2.05, 4.69) is 12.2 Å². The highest BCUT2D eigenvalue weighted by Crippen LogP contribution is 2.12. The zero-order valence-electron chi connectivity index (χ0n) is 9.79.